The van der Waals surface area contributed by atoms with Crippen molar-refractivity contribution < 1.29 is 0 Å². The summed E-state index contributed by atoms with van der Waals surface area (Å²) in [7, 11) is 2.30. The van der Waals surface area contributed by atoms with Gasteiger partial charge in [-0.15, -0.1) is 0 Å². The van der Waals surface area contributed by atoms with Gasteiger partial charge in [-0.25, -0.2) is 0 Å². The minimum absolute atomic E-state index is 0.607. The van der Waals surface area contributed by atoms with Gasteiger partial charge in [-0.3, -0.25) is 4.90 Å². The Labute approximate surface area is 129 Å². The average Bonchev–Trinajstić information content (AvgIpc) is 2.51. The lowest BCUT2D eigenvalue weighted by molar-refractivity contribution is 0.109. The van der Waals surface area contributed by atoms with Crippen molar-refractivity contribution in [3.63, 3.8) is 0 Å². The van der Waals surface area contributed by atoms with E-state index >= 15 is 0 Å². The maximum absolute atomic E-state index is 3.69. The van der Waals surface area contributed by atoms with Crippen molar-refractivity contribution >= 4 is 0 Å². The summed E-state index contributed by atoms with van der Waals surface area (Å²) in [5, 5.41) is 3.69. The summed E-state index contributed by atoms with van der Waals surface area (Å²) in [5.74, 6) is 0. The first-order valence-corrected chi connectivity index (χ1v) is 8.51. The lowest BCUT2D eigenvalue weighted by Crippen LogP contribution is -2.55. The molecule has 0 spiro atoms. The van der Waals surface area contributed by atoms with Gasteiger partial charge >= 0.3 is 0 Å². The Morgan fingerprint density at radius 1 is 1.14 bits per heavy atom. The fourth-order valence-electron chi connectivity index (χ4n) is 3.77. The van der Waals surface area contributed by atoms with Crippen molar-refractivity contribution in [3.05, 3.63) is 35.9 Å². The van der Waals surface area contributed by atoms with Crippen LogP contribution in [0.3, 0.4) is 0 Å². The van der Waals surface area contributed by atoms with Crippen LogP contribution in [0.1, 0.15) is 24.8 Å². The molecule has 2 fully saturated rings. The van der Waals surface area contributed by atoms with Crippen LogP contribution in [-0.2, 0) is 6.42 Å². The molecule has 1 N–H and O–H groups in total. The van der Waals surface area contributed by atoms with Crippen LogP contribution in [0.25, 0.3) is 0 Å². The van der Waals surface area contributed by atoms with Gasteiger partial charge in [-0.1, -0.05) is 36.8 Å². The molecule has 1 aromatic rings. The third kappa shape index (κ3) is 4.29. The smallest absolute Gasteiger partial charge is 0.0235 e. The van der Waals surface area contributed by atoms with E-state index in [-0.39, 0.29) is 0 Å². The quantitative estimate of drug-likeness (QED) is 0.913. The molecule has 0 aliphatic carbocycles. The van der Waals surface area contributed by atoms with Gasteiger partial charge < -0.3 is 10.2 Å². The fourth-order valence-corrected chi connectivity index (χ4v) is 3.77. The van der Waals surface area contributed by atoms with E-state index in [2.05, 4.69) is 52.5 Å². The van der Waals surface area contributed by atoms with Crippen LogP contribution in [0.15, 0.2) is 30.3 Å². The first-order chi connectivity index (χ1) is 10.3. The van der Waals surface area contributed by atoms with Gasteiger partial charge in [0, 0.05) is 38.3 Å². The standard InChI is InChI=1S/C18H29N3/c1-20-11-6-5-9-18(20)15-21-12-10-19-17(14-21)13-16-7-3-2-4-8-16/h2-4,7-8,17-19H,5-6,9-15H2,1H3. The maximum atomic E-state index is 3.69. The summed E-state index contributed by atoms with van der Waals surface area (Å²) in [6.07, 6.45) is 5.32. The molecule has 2 atom stereocenters. The normalized spacial score (nSPS) is 28.6. The molecule has 0 bridgehead atoms. The number of rotatable bonds is 4. The summed E-state index contributed by atoms with van der Waals surface area (Å²) >= 11 is 0. The number of piperazine rings is 1. The third-order valence-corrected chi connectivity index (χ3v) is 5.06. The Hall–Kier alpha value is -0.900. The highest BCUT2D eigenvalue weighted by atomic mass is 15.2. The number of hydrogen-bond acceptors (Lipinski definition) is 3. The zero-order chi connectivity index (χ0) is 14.5. The van der Waals surface area contributed by atoms with E-state index in [1.807, 2.05) is 0 Å². The molecule has 21 heavy (non-hydrogen) atoms. The molecule has 2 aliphatic rings. The molecule has 2 aliphatic heterocycles. The molecule has 0 aromatic heterocycles. The second kappa shape index (κ2) is 7.39. The van der Waals surface area contributed by atoms with Gasteiger partial charge in [0.05, 0.1) is 0 Å². The van der Waals surface area contributed by atoms with Crippen molar-refractivity contribution in [3.8, 4) is 0 Å². The molecule has 3 nitrogen and oxygen atoms in total. The van der Waals surface area contributed by atoms with Gasteiger partial charge in [-0.2, -0.15) is 0 Å². The van der Waals surface area contributed by atoms with E-state index in [4.69, 9.17) is 0 Å². The van der Waals surface area contributed by atoms with E-state index in [1.54, 1.807) is 0 Å². The highest BCUT2D eigenvalue weighted by Crippen LogP contribution is 2.17. The molecule has 2 saturated heterocycles. The van der Waals surface area contributed by atoms with Crippen LogP contribution in [-0.4, -0.2) is 61.7 Å². The highest BCUT2D eigenvalue weighted by molar-refractivity contribution is 5.16. The Balaban J connectivity index is 1.51. The topological polar surface area (TPSA) is 18.5 Å². The van der Waals surface area contributed by atoms with E-state index in [9.17, 15) is 0 Å². The van der Waals surface area contributed by atoms with Crippen LogP contribution in [0, 0.1) is 0 Å². The van der Waals surface area contributed by atoms with E-state index in [1.165, 1.54) is 51.0 Å². The van der Waals surface area contributed by atoms with Crippen molar-refractivity contribution in [1.29, 1.82) is 0 Å². The van der Waals surface area contributed by atoms with Gasteiger partial charge in [0.1, 0.15) is 0 Å². The summed E-state index contributed by atoms with van der Waals surface area (Å²) < 4.78 is 0. The zero-order valence-corrected chi connectivity index (χ0v) is 13.3. The van der Waals surface area contributed by atoms with Crippen molar-refractivity contribution in [2.24, 2.45) is 0 Å². The zero-order valence-electron chi connectivity index (χ0n) is 13.3. The SMILES string of the molecule is CN1CCCCC1CN1CCNC(Cc2ccccc2)C1. The monoisotopic (exact) mass is 287 g/mol. The number of nitrogens with zero attached hydrogens (tertiary/aromatic N) is 2. The molecule has 2 heterocycles. The third-order valence-electron chi connectivity index (χ3n) is 5.06. The van der Waals surface area contributed by atoms with Crippen LogP contribution < -0.4 is 5.32 Å². The first kappa shape index (κ1) is 15.0. The summed E-state index contributed by atoms with van der Waals surface area (Å²) in [6, 6.07) is 12.3. The van der Waals surface area contributed by atoms with Gasteiger partial charge in [0.2, 0.25) is 0 Å². The van der Waals surface area contributed by atoms with Gasteiger partial charge in [0.15, 0.2) is 0 Å². The van der Waals surface area contributed by atoms with Crippen molar-refractivity contribution in [2.75, 3.05) is 39.8 Å². The highest BCUT2D eigenvalue weighted by Gasteiger charge is 2.25. The molecule has 0 amide bonds. The maximum Gasteiger partial charge on any atom is 0.0235 e. The molecular weight excluding hydrogens is 258 g/mol. The molecule has 3 heteroatoms. The van der Waals surface area contributed by atoms with Crippen LogP contribution >= 0.6 is 0 Å². The minimum atomic E-state index is 0.607. The molecule has 116 valence electrons. The summed E-state index contributed by atoms with van der Waals surface area (Å²) in [4.78, 5) is 5.24. The minimum Gasteiger partial charge on any atom is -0.311 e. The van der Waals surface area contributed by atoms with Crippen LogP contribution in [0.4, 0.5) is 0 Å². The number of likely N-dealkylation sites (N-methyl/N-ethyl adjacent to an activating group) is 1. The second-order valence-electron chi connectivity index (χ2n) is 6.73. The summed E-state index contributed by atoms with van der Waals surface area (Å²) in [5.41, 5.74) is 1.45. The number of nitrogens with one attached hydrogen (secondary N) is 1. The second-order valence-corrected chi connectivity index (χ2v) is 6.73. The Kier molecular flexibility index (Phi) is 5.28. The molecular formula is C18H29N3. The van der Waals surface area contributed by atoms with E-state index < -0.39 is 0 Å². The Morgan fingerprint density at radius 3 is 2.81 bits per heavy atom. The van der Waals surface area contributed by atoms with Crippen LogP contribution in [0.2, 0.25) is 0 Å². The van der Waals surface area contributed by atoms with Crippen molar-refractivity contribution in [2.45, 2.75) is 37.8 Å². The predicted molar refractivity (Wildman–Crippen MR) is 88.6 cm³/mol. The van der Waals surface area contributed by atoms with Gasteiger partial charge in [0.25, 0.3) is 0 Å². The number of hydrogen-bond donors (Lipinski definition) is 1. The molecule has 0 radical (unpaired) electrons. The number of benzene rings is 1. The lowest BCUT2D eigenvalue weighted by atomic mass is 10.0. The summed E-state index contributed by atoms with van der Waals surface area (Å²) in [6.45, 7) is 6.07. The largest absolute Gasteiger partial charge is 0.311 e. The van der Waals surface area contributed by atoms with Crippen LogP contribution in [0.5, 0.6) is 0 Å². The number of likely N-dealkylation sites (tertiary alicyclic amines) is 1. The molecule has 2 unspecified atom stereocenters. The molecule has 3 rings (SSSR count). The Morgan fingerprint density at radius 2 is 2.00 bits per heavy atom. The first-order valence-electron chi connectivity index (χ1n) is 8.51. The Bertz CT molecular complexity index is 420. The number of piperidine rings is 1. The molecule has 1 aromatic carbocycles. The average molecular weight is 287 g/mol. The molecule has 0 saturated carbocycles. The van der Waals surface area contributed by atoms with E-state index in [0.29, 0.717) is 6.04 Å². The fraction of sp³-hybridized carbons (Fsp3) is 0.667. The van der Waals surface area contributed by atoms with Crippen molar-refractivity contribution in [1.82, 2.24) is 15.1 Å². The van der Waals surface area contributed by atoms with E-state index in [0.717, 1.165) is 19.0 Å². The van der Waals surface area contributed by atoms with Gasteiger partial charge in [-0.05, 0) is 38.4 Å². The predicted octanol–water partition coefficient (Wildman–Crippen LogP) is 1.99. The lowest BCUT2D eigenvalue weighted by Gasteiger charge is -2.40.